The van der Waals surface area contributed by atoms with Gasteiger partial charge in [-0.05, 0) is 39.0 Å². The second-order valence-corrected chi connectivity index (χ2v) is 8.08. The van der Waals surface area contributed by atoms with E-state index in [9.17, 15) is 9.59 Å². The van der Waals surface area contributed by atoms with Crippen LogP contribution < -0.4 is 5.32 Å². The number of fused-ring (bicyclic) bond motifs is 1. The fraction of sp³-hybridized carbons (Fsp3) is 0.240. The molecule has 0 radical (unpaired) electrons. The second-order valence-electron chi connectivity index (χ2n) is 8.08. The molecule has 7 nitrogen and oxygen atoms in total. The van der Waals surface area contributed by atoms with Gasteiger partial charge in [-0.15, -0.1) is 0 Å². The molecule has 0 saturated carbocycles. The molecule has 1 N–H and O–H groups in total. The number of hydrogen-bond donors (Lipinski definition) is 1. The normalized spacial score (nSPS) is 16.4. The largest absolute Gasteiger partial charge is 0.451 e. The first kappa shape index (κ1) is 20.1. The predicted octanol–water partition coefficient (Wildman–Crippen LogP) is 3.86. The Hall–Kier alpha value is -3.87. The maximum atomic E-state index is 13.6. The van der Waals surface area contributed by atoms with E-state index in [-0.39, 0.29) is 17.6 Å². The first-order valence-electron chi connectivity index (χ1n) is 10.7. The van der Waals surface area contributed by atoms with E-state index in [1.54, 1.807) is 4.90 Å². The predicted molar refractivity (Wildman–Crippen MR) is 121 cm³/mol. The van der Waals surface area contributed by atoms with Crippen LogP contribution in [0.5, 0.6) is 0 Å². The van der Waals surface area contributed by atoms with Gasteiger partial charge in [-0.25, -0.2) is 4.68 Å². The highest BCUT2D eigenvalue weighted by Crippen LogP contribution is 2.33. The molecule has 0 bridgehead atoms. The number of carbonyl (C=O) groups is 2. The minimum absolute atomic E-state index is 0.211. The fourth-order valence-corrected chi connectivity index (χ4v) is 4.55. The number of carbonyl (C=O) groups excluding carboxylic acids is 2. The smallest absolute Gasteiger partial charge is 0.290 e. The van der Waals surface area contributed by atoms with Crippen LogP contribution in [-0.2, 0) is 4.79 Å². The molecule has 1 saturated heterocycles. The SMILES string of the molecule is Cc1nn(-c2ccccc2)c(C)c1[C@H]1C(=O)NCCN1C(=O)c1oc2ccccc2c1C. The lowest BCUT2D eigenvalue weighted by Gasteiger charge is -2.35. The molecule has 0 spiro atoms. The zero-order valence-electron chi connectivity index (χ0n) is 18.3. The van der Waals surface area contributed by atoms with Gasteiger partial charge >= 0.3 is 0 Å². The fourth-order valence-electron chi connectivity index (χ4n) is 4.55. The number of para-hydroxylation sites is 2. The summed E-state index contributed by atoms with van der Waals surface area (Å²) in [5.74, 6) is -0.223. The molecule has 1 fully saturated rings. The van der Waals surface area contributed by atoms with Crippen LogP contribution in [-0.4, -0.2) is 39.6 Å². The molecule has 2 aromatic carbocycles. The lowest BCUT2D eigenvalue weighted by atomic mass is 9.99. The molecule has 0 aliphatic carbocycles. The monoisotopic (exact) mass is 428 g/mol. The van der Waals surface area contributed by atoms with Gasteiger partial charge in [0.15, 0.2) is 5.76 Å². The standard InChI is InChI=1S/C25H24N4O3/c1-15-19-11-7-8-12-20(19)32-23(15)25(31)28-14-13-26-24(30)22(28)21-16(2)27-29(17(21)3)18-9-5-4-6-10-18/h4-12,22H,13-14H2,1-3H3,(H,26,30)/t22-/m0/s1. The lowest BCUT2D eigenvalue weighted by Crippen LogP contribution is -2.52. The van der Waals surface area contributed by atoms with Gasteiger partial charge in [-0.1, -0.05) is 36.4 Å². The zero-order valence-corrected chi connectivity index (χ0v) is 18.3. The van der Waals surface area contributed by atoms with Crippen molar-refractivity contribution >= 4 is 22.8 Å². The van der Waals surface area contributed by atoms with Crippen molar-refractivity contribution in [1.82, 2.24) is 20.0 Å². The van der Waals surface area contributed by atoms with Crippen LogP contribution in [0.1, 0.15) is 39.1 Å². The van der Waals surface area contributed by atoms with Gasteiger partial charge < -0.3 is 14.6 Å². The number of furan rings is 1. The minimum Gasteiger partial charge on any atom is -0.451 e. The third-order valence-corrected chi connectivity index (χ3v) is 6.13. The molecule has 2 aromatic heterocycles. The number of amides is 2. The number of nitrogens with zero attached hydrogens (tertiary/aromatic N) is 3. The molecule has 0 unspecified atom stereocenters. The second kappa shape index (κ2) is 7.67. The topological polar surface area (TPSA) is 80.4 Å². The average molecular weight is 428 g/mol. The summed E-state index contributed by atoms with van der Waals surface area (Å²) in [6, 6.07) is 16.6. The number of hydrogen-bond acceptors (Lipinski definition) is 4. The number of benzene rings is 2. The molecule has 3 heterocycles. The summed E-state index contributed by atoms with van der Waals surface area (Å²) in [4.78, 5) is 28.3. The summed E-state index contributed by atoms with van der Waals surface area (Å²) in [7, 11) is 0. The summed E-state index contributed by atoms with van der Waals surface area (Å²) in [5, 5.41) is 8.50. The zero-order chi connectivity index (χ0) is 22.4. The van der Waals surface area contributed by atoms with Crippen LogP contribution >= 0.6 is 0 Å². The van der Waals surface area contributed by atoms with Crippen molar-refractivity contribution in [2.45, 2.75) is 26.8 Å². The molecule has 1 aliphatic rings. The van der Waals surface area contributed by atoms with Crippen LogP contribution in [0, 0.1) is 20.8 Å². The molecular weight excluding hydrogens is 404 g/mol. The number of rotatable bonds is 3. The van der Waals surface area contributed by atoms with E-state index < -0.39 is 6.04 Å². The highest BCUT2D eigenvalue weighted by molar-refractivity contribution is 6.01. The molecular formula is C25H24N4O3. The van der Waals surface area contributed by atoms with E-state index in [1.807, 2.05) is 80.1 Å². The van der Waals surface area contributed by atoms with Crippen LogP contribution in [0.4, 0.5) is 0 Å². The van der Waals surface area contributed by atoms with Crippen molar-refractivity contribution < 1.29 is 14.0 Å². The number of aromatic nitrogens is 2. The third kappa shape index (κ3) is 3.09. The van der Waals surface area contributed by atoms with Crippen LogP contribution in [0.2, 0.25) is 0 Å². The molecule has 1 aliphatic heterocycles. The van der Waals surface area contributed by atoms with Crippen molar-refractivity contribution in [2.75, 3.05) is 13.1 Å². The molecule has 32 heavy (non-hydrogen) atoms. The van der Waals surface area contributed by atoms with Crippen molar-refractivity contribution in [2.24, 2.45) is 0 Å². The van der Waals surface area contributed by atoms with Gasteiger partial charge in [0.05, 0.1) is 11.4 Å². The van der Waals surface area contributed by atoms with E-state index in [2.05, 4.69) is 10.4 Å². The summed E-state index contributed by atoms with van der Waals surface area (Å²) >= 11 is 0. The summed E-state index contributed by atoms with van der Waals surface area (Å²) in [5.41, 5.74) is 4.64. The molecule has 2 amide bonds. The molecule has 5 rings (SSSR count). The Morgan fingerprint density at radius 2 is 1.78 bits per heavy atom. The van der Waals surface area contributed by atoms with E-state index in [1.165, 1.54) is 0 Å². The van der Waals surface area contributed by atoms with Gasteiger partial charge in [0.2, 0.25) is 5.91 Å². The number of piperazine rings is 1. The van der Waals surface area contributed by atoms with Crippen LogP contribution in [0.3, 0.4) is 0 Å². The van der Waals surface area contributed by atoms with E-state index in [0.29, 0.717) is 24.4 Å². The Labute approximate surface area is 185 Å². The summed E-state index contributed by atoms with van der Waals surface area (Å²) in [6.07, 6.45) is 0. The Kier molecular flexibility index (Phi) is 4.81. The van der Waals surface area contributed by atoms with Gasteiger partial charge in [0, 0.05) is 35.3 Å². The molecule has 4 aromatic rings. The Morgan fingerprint density at radius 1 is 1.06 bits per heavy atom. The van der Waals surface area contributed by atoms with Gasteiger partial charge in [-0.2, -0.15) is 5.10 Å². The Bertz CT molecular complexity index is 1340. The van der Waals surface area contributed by atoms with Gasteiger partial charge in [0.1, 0.15) is 11.6 Å². The van der Waals surface area contributed by atoms with Crippen LogP contribution in [0.15, 0.2) is 59.0 Å². The minimum atomic E-state index is -0.777. The Balaban J connectivity index is 1.59. The third-order valence-electron chi connectivity index (χ3n) is 6.13. The molecule has 162 valence electrons. The lowest BCUT2D eigenvalue weighted by molar-refractivity contribution is -0.128. The first-order chi connectivity index (χ1) is 15.5. The maximum Gasteiger partial charge on any atom is 0.290 e. The van der Waals surface area contributed by atoms with Crippen molar-refractivity contribution in [1.29, 1.82) is 0 Å². The maximum absolute atomic E-state index is 13.6. The molecule has 1 atom stereocenters. The van der Waals surface area contributed by atoms with Crippen LogP contribution in [0.25, 0.3) is 16.7 Å². The van der Waals surface area contributed by atoms with Gasteiger partial charge in [0.25, 0.3) is 5.91 Å². The van der Waals surface area contributed by atoms with Crippen molar-refractivity contribution in [3.8, 4) is 5.69 Å². The van der Waals surface area contributed by atoms with E-state index in [0.717, 1.165) is 27.9 Å². The van der Waals surface area contributed by atoms with Gasteiger partial charge in [-0.3, -0.25) is 9.59 Å². The first-order valence-corrected chi connectivity index (χ1v) is 10.7. The average Bonchev–Trinajstić information content (AvgIpc) is 3.30. The quantitative estimate of drug-likeness (QED) is 0.537. The molecule has 7 heteroatoms. The highest BCUT2D eigenvalue weighted by Gasteiger charge is 2.39. The van der Waals surface area contributed by atoms with E-state index in [4.69, 9.17) is 4.42 Å². The summed E-state index contributed by atoms with van der Waals surface area (Å²) in [6.45, 7) is 6.46. The number of nitrogens with one attached hydrogen (secondary N) is 1. The highest BCUT2D eigenvalue weighted by atomic mass is 16.3. The Morgan fingerprint density at radius 3 is 2.53 bits per heavy atom. The number of aryl methyl sites for hydroxylation is 2. The van der Waals surface area contributed by atoms with Crippen molar-refractivity contribution in [3.05, 3.63) is 82.9 Å². The summed E-state index contributed by atoms with van der Waals surface area (Å²) < 4.78 is 7.75. The van der Waals surface area contributed by atoms with Crippen molar-refractivity contribution in [3.63, 3.8) is 0 Å². The van der Waals surface area contributed by atoms with E-state index >= 15 is 0 Å².